The van der Waals surface area contributed by atoms with Gasteiger partial charge in [-0.15, -0.1) is 0 Å². The van der Waals surface area contributed by atoms with Gasteiger partial charge in [0.15, 0.2) is 0 Å². The summed E-state index contributed by atoms with van der Waals surface area (Å²) < 4.78 is 44.1. The third kappa shape index (κ3) is 4.01. The third-order valence-corrected chi connectivity index (χ3v) is 3.13. The molecule has 1 nitrogen and oxygen atoms in total. The number of ether oxygens (including phenoxy) is 1. The summed E-state index contributed by atoms with van der Waals surface area (Å²) in [4.78, 5) is 0. The van der Waals surface area contributed by atoms with Gasteiger partial charge in [0.25, 0.3) is 0 Å². The Morgan fingerprint density at radius 1 is 1.26 bits per heavy atom. The highest BCUT2D eigenvalue weighted by molar-refractivity contribution is 5.30. The fourth-order valence-corrected chi connectivity index (χ4v) is 1.99. The molecular formula is C15H19F3O. The van der Waals surface area contributed by atoms with Crippen LogP contribution in [0.15, 0.2) is 36.6 Å². The summed E-state index contributed by atoms with van der Waals surface area (Å²) in [7, 11) is 0. The maximum Gasteiger partial charge on any atom is 0.392 e. The van der Waals surface area contributed by atoms with Gasteiger partial charge in [0.05, 0.1) is 24.2 Å². The number of hydrogen-bond donors (Lipinski definition) is 0. The van der Waals surface area contributed by atoms with Crippen molar-refractivity contribution in [2.75, 3.05) is 6.61 Å². The summed E-state index contributed by atoms with van der Waals surface area (Å²) in [6.45, 7) is 8.75. The topological polar surface area (TPSA) is 9.23 Å². The average molecular weight is 272 g/mol. The van der Waals surface area contributed by atoms with Crippen molar-refractivity contribution in [3.8, 4) is 0 Å². The van der Waals surface area contributed by atoms with Crippen molar-refractivity contribution < 1.29 is 17.9 Å². The smallest absolute Gasteiger partial charge is 0.392 e. The van der Waals surface area contributed by atoms with Crippen molar-refractivity contribution in [2.45, 2.75) is 32.9 Å². The van der Waals surface area contributed by atoms with Gasteiger partial charge in [-0.05, 0) is 19.4 Å². The van der Waals surface area contributed by atoms with Gasteiger partial charge in [0.2, 0.25) is 0 Å². The number of rotatable bonds is 5. The lowest BCUT2D eigenvalue weighted by atomic mass is 9.85. The SMILES string of the molecule is C=C(OCC)C(c1ccc(C)cc1)C(C)C(F)(F)F. The molecule has 0 fully saturated rings. The highest BCUT2D eigenvalue weighted by atomic mass is 19.4. The molecule has 0 bridgehead atoms. The van der Waals surface area contributed by atoms with Crippen LogP contribution in [0.4, 0.5) is 13.2 Å². The molecule has 0 spiro atoms. The van der Waals surface area contributed by atoms with E-state index < -0.39 is 18.0 Å². The Balaban J connectivity index is 3.12. The summed E-state index contributed by atoms with van der Waals surface area (Å²) >= 11 is 0. The number of aryl methyl sites for hydroxylation is 1. The second-order valence-corrected chi connectivity index (χ2v) is 4.62. The van der Waals surface area contributed by atoms with Crippen LogP contribution in [0, 0.1) is 12.8 Å². The molecule has 0 aliphatic rings. The van der Waals surface area contributed by atoms with Crippen LogP contribution >= 0.6 is 0 Å². The maximum absolute atomic E-state index is 13.0. The zero-order chi connectivity index (χ0) is 14.6. The third-order valence-electron chi connectivity index (χ3n) is 3.13. The van der Waals surface area contributed by atoms with Crippen LogP contribution in [0.1, 0.15) is 30.9 Å². The highest BCUT2D eigenvalue weighted by Crippen LogP contribution is 2.41. The molecule has 19 heavy (non-hydrogen) atoms. The van der Waals surface area contributed by atoms with E-state index in [0.717, 1.165) is 12.5 Å². The minimum Gasteiger partial charge on any atom is -0.498 e. The second-order valence-electron chi connectivity index (χ2n) is 4.62. The van der Waals surface area contributed by atoms with Crippen LogP contribution in [0.2, 0.25) is 0 Å². The molecular weight excluding hydrogens is 253 g/mol. The average Bonchev–Trinajstić information content (AvgIpc) is 2.31. The van der Waals surface area contributed by atoms with E-state index in [1.807, 2.05) is 6.92 Å². The number of allylic oxidation sites excluding steroid dienone is 1. The Kier molecular flexibility index (Phi) is 5.04. The Hall–Kier alpha value is -1.45. The van der Waals surface area contributed by atoms with Gasteiger partial charge in [-0.1, -0.05) is 43.3 Å². The molecule has 0 aliphatic heterocycles. The first-order chi connectivity index (χ1) is 8.77. The standard InChI is InChI=1S/C15H19F3O/c1-5-19-12(4)14(11(3)15(16,17)18)13-8-6-10(2)7-9-13/h6-9,11,14H,4-5H2,1-3H3. The molecule has 1 rings (SSSR count). The number of halogens is 3. The van der Waals surface area contributed by atoms with Gasteiger partial charge in [0.1, 0.15) is 0 Å². The minimum absolute atomic E-state index is 0.163. The number of hydrogen-bond acceptors (Lipinski definition) is 1. The minimum atomic E-state index is -4.28. The zero-order valence-corrected chi connectivity index (χ0v) is 11.4. The summed E-state index contributed by atoms with van der Waals surface area (Å²) in [5, 5.41) is 0. The Labute approximate surface area is 112 Å². The first kappa shape index (κ1) is 15.6. The Morgan fingerprint density at radius 3 is 2.21 bits per heavy atom. The predicted molar refractivity (Wildman–Crippen MR) is 69.9 cm³/mol. The van der Waals surface area contributed by atoms with Crippen LogP contribution in [-0.2, 0) is 4.74 Å². The number of alkyl halides is 3. The molecule has 0 saturated carbocycles. The van der Waals surface area contributed by atoms with Crippen LogP contribution in [0.25, 0.3) is 0 Å². The van der Waals surface area contributed by atoms with Gasteiger partial charge in [-0.2, -0.15) is 13.2 Å². The molecule has 1 aromatic carbocycles. The lowest BCUT2D eigenvalue weighted by molar-refractivity contribution is -0.175. The maximum atomic E-state index is 13.0. The summed E-state index contributed by atoms with van der Waals surface area (Å²) in [5.41, 5.74) is 1.58. The molecule has 0 N–H and O–H groups in total. The van der Waals surface area contributed by atoms with Crippen molar-refractivity contribution in [2.24, 2.45) is 5.92 Å². The normalized spacial score (nSPS) is 14.8. The molecule has 0 saturated heterocycles. The Bertz CT molecular complexity index is 420. The largest absolute Gasteiger partial charge is 0.498 e. The van der Waals surface area contributed by atoms with Crippen LogP contribution in [0.5, 0.6) is 0 Å². The van der Waals surface area contributed by atoms with Crippen LogP contribution in [-0.4, -0.2) is 12.8 Å². The fraction of sp³-hybridized carbons (Fsp3) is 0.467. The van der Waals surface area contributed by atoms with Crippen molar-refractivity contribution in [1.82, 2.24) is 0 Å². The van der Waals surface area contributed by atoms with Gasteiger partial charge >= 0.3 is 6.18 Å². The molecule has 1 aromatic rings. The zero-order valence-electron chi connectivity index (χ0n) is 11.4. The second kappa shape index (κ2) is 6.13. The lowest BCUT2D eigenvalue weighted by Gasteiger charge is -2.28. The first-order valence-corrected chi connectivity index (χ1v) is 6.22. The fourth-order valence-electron chi connectivity index (χ4n) is 1.99. The Morgan fingerprint density at radius 2 is 1.79 bits per heavy atom. The van der Waals surface area contributed by atoms with E-state index >= 15 is 0 Å². The van der Waals surface area contributed by atoms with Crippen LogP contribution in [0.3, 0.4) is 0 Å². The predicted octanol–water partition coefficient (Wildman–Crippen LogP) is 4.83. The molecule has 0 amide bonds. The number of benzene rings is 1. The van der Waals surface area contributed by atoms with Crippen molar-refractivity contribution in [1.29, 1.82) is 0 Å². The highest BCUT2D eigenvalue weighted by Gasteiger charge is 2.43. The summed E-state index contributed by atoms with van der Waals surface area (Å²) in [5.74, 6) is -2.24. The van der Waals surface area contributed by atoms with Crippen molar-refractivity contribution >= 4 is 0 Å². The van der Waals surface area contributed by atoms with E-state index in [4.69, 9.17) is 4.74 Å². The van der Waals surface area contributed by atoms with Gasteiger partial charge in [0, 0.05) is 0 Å². The van der Waals surface area contributed by atoms with Gasteiger partial charge < -0.3 is 4.74 Å². The van der Waals surface area contributed by atoms with E-state index in [2.05, 4.69) is 6.58 Å². The molecule has 0 aromatic heterocycles. The molecule has 4 heteroatoms. The van der Waals surface area contributed by atoms with Gasteiger partial charge in [-0.25, -0.2) is 0 Å². The lowest BCUT2D eigenvalue weighted by Crippen LogP contribution is -2.28. The monoisotopic (exact) mass is 272 g/mol. The molecule has 0 heterocycles. The van der Waals surface area contributed by atoms with E-state index in [1.54, 1.807) is 31.2 Å². The molecule has 2 atom stereocenters. The van der Waals surface area contributed by atoms with Crippen molar-refractivity contribution in [3.05, 3.63) is 47.7 Å². The van der Waals surface area contributed by atoms with Gasteiger partial charge in [-0.3, -0.25) is 0 Å². The van der Waals surface area contributed by atoms with E-state index in [1.165, 1.54) is 0 Å². The van der Waals surface area contributed by atoms with E-state index in [-0.39, 0.29) is 5.76 Å². The molecule has 106 valence electrons. The first-order valence-electron chi connectivity index (χ1n) is 6.22. The quantitative estimate of drug-likeness (QED) is 0.698. The molecule has 0 radical (unpaired) electrons. The van der Waals surface area contributed by atoms with E-state index in [9.17, 15) is 13.2 Å². The summed E-state index contributed by atoms with van der Waals surface area (Å²) in [6, 6.07) is 6.99. The molecule has 2 unspecified atom stereocenters. The van der Waals surface area contributed by atoms with Crippen molar-refractivity contribution in [3.63, 3.8) is 0 Å². The van der Waals surface area contributed by atoms with E-state index in [0.29, 0.717) is 12.2 Å². The van der Waals surface area contributed by atoms with Crippen LogP contribution < -0.4 is 0 Å². The summed E-state index contributed by atoms with van der Waals surface area (Å²) in [6.07, 6.45) is -4.28. The molecule has 0 aliphatic carbocycles.